The van der Waals surface area contributed by atoms with Crippen molar-refractivity contribution in [2.24, 2.45) is 0 Å². The van der Waals surface area contributed by atoms with Crippen LogP contribution < -0.4 is 9.47 Å². The van der Waals surface area contributed by atoms with Crippen molar-refractivity contribution in [3.8, 4) is 11.5 Å². The van der Waals surface area contributed by atoms with Gasteiger partial charge in [0.15, 0.2) is 0 Å². The van der Waals surface area contributed by atoms with Crippen LogP contribution in [0.1, 0.15) is 15.2 Å². The van der Waals surface area contributed by atoms with E-state index in [-0.39, 0.29) is 5.78 Å². The maximum absolute atomic E-state index is 12.1. The van der Waals surface area contributed by atoms with Crippen LogP contribution in [0.5, 0.6) is 11.5 Å². The molecule has 0 radical (unpaired) electrons. The zero-order valence-corrected chi connectivity index (χ0v) is 10.4. The van der Waals surface area contributed by atoms with Crippen LogP contribution in [-0.4, -0.2) is 20.0 Å². The number of ketones is 1. The molecular weight excluding hydrogens is 236 g/mol. The van der Waals surface area contributed by atoms with Gasteiger partial charge in [0.25, 0.3) is 0 Å². The molecule has 0 aliphatic rings. The van der Waals surface area contributed by atoms with E-state index < -0.39 is 0 Å². The Labute approximate surface area is 104 Å². The predicted octanol–water partition coefficient (Wildman–Crippen LogP) is 3.00. The van der Waals surface area contributed by atoms with Crippen molar-refractivity contribution < 1.29 is 14.3 Å². The van der Waals surface area contributed by atoms with Crippen LogP contribution in [0.15, 0.2) is 35.7 Å². The first-order valence-corrected chi connectivity index (χ1v) is 5.94. The monoisotopic (exact) mass is 248 g/mol. The smallest absolute Gasteiger partial charge is 0.203 e. The zero-order valence-electron chi connectivity index (χ0n) is 9.60. The second-order valence-electron chi connectivity index (χ2n) is 3.41. The minimum absolute atomic E-state index is 0.0165. The van der Waals surface area contributed by atoms with Gasteiger partial charge in [-0.1, -0.05) is 12.1 Å². The number of benzene rings is 1. The van der Waals surface area contributed by atoms with Crippen molar-refractivity contribution >= 4 is 17.1 Å². The minimum Gasteiger partial charge on any atom is -0.497 e. The summed E-state index contributed by atoms with van der Waals surface area (Å²) in [4.78, 5) is 12.8. The average molecular weight is 248 g/mol. The highest BCUT2D eigenvalue weighted by atomic mass is 32.1. The molecule has 2 aromatic rings. The summed E-state index contributed by atoms with van der Waals surface area (Å²) in [5, 5.41) is 1.81. The number of ether oxygens (including phenoxy) is 2. The van der Waals surface area contributed by atoms with Gasteiger partial charge in [-0.25, -0.2) is 0 Å². The molecule has 1 aromatic carbocycles. The topological polar surface area (TPSA) is 35.5 Å². The number of methoxy groups -OCH3 is 2. The summed E-state index contributed by atoms with van der Waals surface area (Å²) in [5.41, 5.74) is 0.619. The number of thiophene rings is 1. The highest BCUT2D eigenvalue weighted by molar-refractivity contribution is 7.12. The average Bonchev–Trinajstić information content (AvgIpc) is 2.86. The molecule has 1 aromatic heterocycles. The number of carbonyl (C=O) groups excluding carboxylic acids is 1. The van der Waals surface area contributed by atoms with Gasteiger partial charge in [-0.05, 0) is 12.1 Å². The van der Waals surface area contributed by atoms with Gasteiger partial charge >= 0.3 is 0 Å². The van der Waals surface area contributed by atoms with Gasteiger partial charge in [0.1, 0.15) is 11.5 Å². The first-order chi connectivity index (χ1) is 8.24. The summed E-state index contributed by atoms with van der Waals surface area (Å²) in [7, 11) is 3.17. The number of hydrogen-bond acceptors (Lipinski definition) is 4. The Hall–Kier alpha value is -1.81. The van der Waals surface area contributed by atoms with E-state index in [1.54, 1.807) is 38.5 Å². The van der Waals surface area contributed by atoms with Crippen molar-refractivity contribution in [3.63, 3.8) is 0 Å². The maximum atomic E-state index is 12.1. The molecule has 88 valence electrons. The van der Waals surface area contributed by atoms with Crippen molar-refractivity contribution in [2.75, 3.05) is 14.2 Å². The lowest BCUT2D eigenvalue weighted by atomic mass is 10.1. The molecule has 3 nitrogen and oxygen atoms in total. The molecule has 0 atom stereocenters. The maximum Gasteiger partial charge on any atom is 0.203 e. The van der Waals surface area contributed by atoms with Crippen LogP contribution in [0.2, 0.25) is 0 Å². The molecule has 0 aliphatic heterocycles. The molecule has 0 N–H and O–H groups in total. The van der Waals surface area contributed by atoms with E-state index in [1.165, 1.54) is 11.3 Å². The summed E-state index contributed by atoms with van der Waals surface area (Å²) < 4.78 is 10.2. The Kier molecular flexibility index (Phi) is 3.44. The van der Waals surface area contributed by atoms with E-state index in [4.69, 9.17) is 9.47 Å². The van der Waals surface area contributed by atoms with Crippen LogP contribution in [-0.2, 0) is 0 Å². The predicted molar refractivity (Wildman–Crippen MR) is 67.3 cm³/mol. The largest absolute Gasteiger partial charge is 0.497 e. The van der Waals surface area contributed by atoms with E-state index in [1.807, 2.05) is 11.4 Å². The lowest BCUT2D eigenvalue weighted by Gasteiger charge is -2.02. The SMILES string of the molecule is COc1cccc(C(=O)c2cc(OC)cs2)c1. The molecule has 0 fully saturated rings. The number of hydrogen-bond donors (Lipinski definition) is 0. The quantitative estimate of drug-likeness (QED) is 0.780. The zero-order chi connectivity index (χ0) is 12.3. The molecule has 17 heavy (non-hydrogen) atoms. The Bertz CT molecular complexity index is 531. The highest BCUT2D eigenvalue weighted by Gasteiger charge is 2.12. The molecule has 0 aliphatic carbocycles. The molecule has 0 unspecified atom stereocenters. The fourth-order valence-electron chi connectivity index (χ4n) is 1.45. The fourth-order valence-corrected chi connectivity index (χ4v) is 2.27. The molecular formula is C13H12O3S. The van der Waals surface area contributed by atoms with E-state index in [9.17, 15) is 4.79 Å². The molecule has 0 spiro atoms. The van der Waals surface area contributed by atoms with Gasteiger partial charge < -0.3 is 9.47 Å². The van der Waals surface area contributed by atoms with Crippen molar-refractivity contribution in [3.05, 3.63) is 46.2 Å². The normalized spacial score (nSPS) is 10.0. The number of rotatable bonds is 4. The van der Waals surface area contributed by atoms with Crippen molar-refractivity contribution in [1.29, 1.82) is 0 Å². The first kappa shape index (κ1) is 11.7. The summed E-state index contributed by atoms with van der Waals surface area (Å²) in [6.45, 7) is 0. The van der Waals surface area contributed by atoms with Crippen LogP contribution >= 0.6 is 11.3 Å². The van der Waals surface area contributed by atoms with E-state index in [0.29, 0.717) is 21.9 Å². The molecule has 0 saturated carbocycles. The van der Waals surface area contributed by atoms with E-state index in [0.717, 1.165) is 0 Å². The lowest BCUT2D eigenvalue weighted by Crippen LogP contribution is -1.98. The molecule has 0 amide bonds. The van der Waals surface area contributed by atoms with Crippen LogP contribution in [0.3, 0.4) is 0 Å². The Morgan fingerprint density at radius 1 is 1.12 bits per heavy atom. The third kappa shape index (κ3) is 2.47. The second-order valence-corrected chi connectivity index (χ2v) is 4.32. The molecule has 2 rings (SSSR count). The van der Waals surface area contributed by atoms with Crippen molar-refractivity contribution in [1.82, 2.24) is 0 Å². The number of carbonyl (C=O) groups is 1. The van der Waals surface area contributed by atoms with Gasteiger partial charge in [-0.15, -0.1) is 11.3 Å². The second kappa shape index (κ2) is 5.01. The van der Waals surface area contributed by atoms with Gasteiger partial charge in [-0.3, -0.25) is 4.79 Å². The summed E-state index contributed by atoms with van der Waals surface area (Å²) >= 11 is 1.38. The molecule has 4 heteroatoms. The van der Waals surface area contributed by atoms with Gasteiger partial charge in [-0.2, -0.15) is 0 Å². The first-order valence-electron chi connectivity index (χ1n) is 5.06. The summed E-state index contributed by atoms with van der Waals surface area (Å²) in [6, 6.07) is 8.86. The summed E-state index contributed by atoms with van der Waals surface area (Å²) in [6.07, 6.45) is 0. The molecule has 1 heterocycles. The Morgan fingerprint density at radius 2 is 1.88 bits per heavy atom. The molecule has 0 saturated heterocycles. The van der Waals surface area contributed by atoms with Crippen LogP contribution in [0, 0.1) is 0 Å². The van der Waals surface area contributed by atoms with E-state index in [2.05, 4.69) is 0 Å². The molecule has 0 bridgehead atoms. The van der Waals surface area contributed by atoms with Crippen LogP contribution in [0.25, 0.3) is 0 Å². The highest BCUT2D eigenvalue weighted by Crippen LogP contribution is 2.24. The fraction of sp³-hybridized carbons (Fsp3) is 0.154. The standard InChI is InChI=1S/C13H12O3S/c1-15-10-5-3-4-9(6-10)13(14)12-7-11(16-2)8-17-12/h3-8H,1-2H3. The van der Waals surface area contributed by atoms with Gasteiger partial charge in [0.05, 0.1) is 19.1 Å². The van der Waals surface area contributed by atoms with Crippen LogP contribution in [0.4, 0.5) is 0 Å². The lowest BCUT2D eigenvalue weighted by molar-refractivity contribution is 0.104. The van der Waals surface area contributed by atoms with E-state index >= 15 is 0 Å². The minimum atomic E-state index is -0.0165. The van der Waals surface area contributed by atoms with Crippen molar-refractivity contribution in [2.45, 2.75) is 0 Å². The summed E-state index contributed by atoms with van der Waals surface area (Å²) in [5.74, 6) is 1.37. The Balaban J connectivity index is 2.29. The van der Waals surface area contributed by atoms with Gasteiger partial charge in [0.2, 0.25) is 5.78 Å². The van der Waals surface area contributed by atoms with Gasteiger partial charge in [0, 0.05) is 17.0 Å². The third-order valence-corrected chi connectivity index (χ3v) is 3.27. The Morgan fingerprint density at radius 3 is 2.53 bits per heavy atom. The third-order valence-electron chi connectivity index (χ3n) is 2.37.